The van der Waals surface area contributed by atoms with Crippen LogP contribution in [0.5, 0.6) is 0 Å². The van der Waals surface area contributed by atoms with Crippen LogP contribution in [0.3, 0.4) is 0 Å². The summed E-state index contributed by atoms with van der Waals surface area (Å²) in [5.74, 6) is -1.49. The number of benzene rings is 1. The molecule has 5 atom stereocenters. The van der Waals surface area contributed by atoms with Gasteiger partial charge in [0, 0.05) is 6.42 Å². The summed E-state index contributed by atoms with van der Waals surface area (Å²) in [6.07, 6.45) is 5.30. The van der Waals surface area contributed by atoms with E-state index in [1.54, 1.807) is 24.3 Å². The molecule has 0 aliphatic carbocycles. The number of carboxylic acids is 1. The molecule has 0 radical (unpaired) electrons. The molecule has 11 heteroatoms. The Balaban J connectivity index is 2.97. The fourth-order valence-corrected chi connectivity index (χ4v) is 4.33. The van der Waals surface area contributed by atoms with Crippen molar-refractivity contribution in [3.63, 3.8) is 0 Å². The van der Waals surface area contributed by atoms with Crippen molar-refractivity contribution < 1.29 is 24.3 Å². The molecule has 0 aromatic heterocycles. The third-order valence-corrected chi connectivity index (χ3v) is 7.23. The molecule has 0 spiro atoms. The second kappa shape index (κ2) is 17.3. The molecule has 3 amide bonds. The molecule has 0 bridgehead atoms. The maximum Gasteiger partial charge on any atom is 0.326 e. The van der Waals surface area contributed by atoms with Crippen molar-refractivity contribution in [1.82, 2.24) is 16.0 Å². The number of aliphatic carboxylic acids is 1. The summed E-state index contributed by atoms with van der Waals surface area (Å²) in [5, 5.41) is 17.7. The summed E-state index contributed by atoms with van der Waals surface area (Å²) in [5.41, 5.74) is 6.81. The summed E-state index contributed by atoms with van der Waals surface area (Å²) < 4.78 is 0. The molecule has 1 aromatic carbocycles. The molecule has 0 saturated heterocycles. The van der Waals surface area contributed by atoms with Crippen molar-refractivity contribution in [3.8, 4) is 0 Å². The van der Waals surface area contributed by atoms with Gasteiger partial charge in [0.15, 0.2) is 0 Å². The van der Waals surface area contributed by atoms with Crippen molar-refractivity contribution in [2.24, 2.45) is 11.7 Å². The van der Waals surface area contributed by atoms with Gasteiger partial charge in [-0.1, -0.05) is 50.6 Å². The molecule has 1 rings (SSSR count). The molecule has 0 aliphatic rings. The van der Waals surface area contributed by atoms with Crippen LogP contribution in [0, 0.1) is 5.92 Å². The van der Waals surface area contributed by atoms with Crippen LogP contribution in [0.4, 0.5) is 0 Å². The van der Waals surface area contributed by atoms with Crippen LogP contribution >= 0.6 is 23.5 Å². The van der Waals surface area contributed by atoms with Gasteiger partial charge in [0.2, 0.25) is 17.7 Å². The third-order valence-electron chi connectivity index (χ3n) is 5.94. The number of carbonyl (C=O) groups is 4. The average molecular weight is 541 g/mol. The van der Waals surface area contributed by atoms with E-state index >= 15 is 0 Å². The average Bonchev–Trinajstić information content (AvgIpc) is 2.87. The molecular formula is C25H40N4O5S2. The lowest BCUT2D eigenvalue weighted by Gasteiger charge is -2.26. The van der Waals surface area contributed by atoms with Gasteiger partial charge < -0.3 is 26.8 Å². The van der Waals surface area contributed by atoms with E-state index in [-0.39, 0.29) is 12.3 Å². The lowest BCUT2D eigenvalue weighted by Crippen LogP contribution is -2.58. The van der Waals surface area contributed by atoms with E-state index in [4.69, 9.17) is 5.73 Å². The van der Waals surface area contributed by atoms with Gasteiger partial charge >= 0.3 is 5.97 Å². The van der Waals surface area contributed by atoms with Crippen molar-refractivity contribution in [1.29, 1.82) is 0 Å². The number of nitrogens with two attached hydrogens (primary N) is 1. The van der Waals surface area contributed by atoms with Crippen LogP contribution in [0.2, 0.25) is 0 Å². The molecule has 5 unspecified atom stereocenters. The Morgan fingerprint density at radius 1 is 0.861 bits per heavy atom. The molecule has 1 aromatic rings. The fraction of sp³-hybridized carbons (Fsp3) is 0.600. The van der Waals surface area contributed by atoms with E-state index in [0.29, 0.717) is 24.3 Å². The molecule has 0 saturated carbocycles. The molecule has 0 fully saturated rings. The Labute approximate surface area is 222 Å². The number of amides is 3. The summed E-state index contributed by atoms with van der Waals surface area (Å²) in [6, 6.07) is 5.31. The molecular weight excluding hydrogens is 500 g/mol. The maximum atomic E-state index is 13.2. The van der Waals surface area contributed by atoms with Gasteiger partial charge in [-0.25, -0.2) is 4.79 Å². The first-order valence-corrected chi connectivity index (χ1v) is 14.8. The van der Waals surface area contributed by atoms with Crippen LogP contribution in [0.15, 0.2) is 30.3 Å². The SMILES string of the molecule is CCC(C)C(N)C(=O)NC(CCSC)C(=O)NC(CCSC)C(=O)NC(Cc1ccccc1)C(=O)O. The van der Waals surface area contributed by atoms with Crippen molar-refractivity contribution in [3.05, 3.63) is 35.9 Å². The second-order valence-corrected chi connectivity index (χ2v) is 10.7. The molecule has 6 N–H and O–H groups in total. The first-order valence-electron chi connectivity index (χ1n) is 12.1. The molecule has 36 heavy (non-hydrogen) atoms. The van der Waals surface area contributed by atoms with Gasteiger partial charge in [-0.3, -0.25) is 14.4 Å². The van der Waals surface area contributed by atoms with E-state index in [1.807, 2.05) is 32.4 Å². The summed E-state index contributed by atoms with van der Waals surface area (Å²) in [6.45, 7) is 3.81. The molecule has 202 valence electrons. The van der Waals surface area contributed by atoms with Gasteiger partial charge in [-0.15, -0.1) is 0 Å². The highest BCUT2D eigenvalue weighted by atomic mass is 32.2. The van der Waals surface area contributed by atoms with Gasteiger partial charge in [-0.2, -0.15) is 23.5 Å². The standard InChI is InChI=1S/C25H40N4O5S2/c1-5-16(2)21(26)24(32)28-19(12-14-36-4)22(30)27-18(11-13-35-3)23(31)29-20(25(33)34)15-17-9-7-6-8-10-17/h6-10,16,18-21H,5,11-15,26H2,1-4H3,(H,27,30)(H,28,32)(H,29,31)(H,33,34). The number of hydrogen-bond donors (Lipinski definition) is 5. The van der Waals surface area contributed by atoms with Crippen molar-refractivity contribution in [2.75, 3.05) is 24.0 Å². The summed E-state index contributed by atoms with van der Waals surface area (Å²) in [7, 11) is 0. The Morgan fingerprint density at radius 2 is 1.33 bits per heavy atom. The predicted molar refractivity (Wildman–Crippen MR) is 147 cm³/mol. The first kappa shape index (κ1) is 31.8. The highest BCUT2D eigenvalue weighted by Crippen LogP contribution is 2.09. The van der Waals surface area contributed by atoms with Crippen LogP contribution in [-0.2, 0) is 25.6 Å². The zero-order valence-corrected chi connectivity index (χ0v) is 23.1. The maximum absolute atomic E-state index is 13.2. The van der Waals surface area contributed by atoms with Gasteiger partial charge in [-0.05, 0) is 48.3 Å². The number of rotatable bonds is 17. The van der Waals surface area contributed by atoms with Crippen LogP contribution in [0.1, 0.15) is 38.7 Å². The molecule has 9 nitrogen and oxygen atoms in total. The van der Waals surface area contributed by atoms with Crippen LogP contribution in [-0.4, -0.2) is 77.0 Å². The van der Waals surface area contributed by atoms with Crippen LogP contribution < -0.4 is 21.7 Å². The van der Waals surface area contributed by atoms with Gasteiger partial charge in [0.05, 0.1) is 6.04 Å². The molecule has 0 aliphatic heterocycles. The van der Waals surface area contributed by atoms with E-state index in [1.165, 1.54) is 23.5 Å². The summed E-state index contributed by atoms with van der Waals surface area (Å²) in [4.78, 5) is 50.7. The second-order valence-electron chi connectivity index (χ2n) is 8.69. The highest BCUT2D eigenvalue weighted by molar-refractivity contribution is 7.98. The number of nitrogens with one attached hydrogen (secondary N) is 3. The zero-order valence-electron chi connectivity index (χ0n) is 21.5. The summed E-state index contributed by atoms with van der Waals surface area (Å²) >= 11 is 3.04. The topological polar surface area (TPSA) is 151 Å². The van der Waals surface area contributed by atoms with E-state index < -0.39 is 47.9 Å². The zero-order chi connectivity index (χ0) is 27.1. The predicted octanol–water partition coefficient (Wildman–Crippen LogP) is 1.65. The largest absolute Gasteiger partial charge is 0.480 e. The lowest BCUT2D eigenvalue weighted by atomic mass is 9.99. The Hall–Kier alpha value is -2.24. The minimum atomic E-state index is -1.16. The molecule has 0 heterocycles. The monoisotopic (exact) mass is 540 g/mol. The fourth-order valence-electron chi connectivity index (χ4n) is 3.38. The quantitative estimate of drug-likeness (QED) is 0.200. The normalized spacial score (nSPS) is 15.1. The number of thioether (sulfide) groups is 2. The van der Waals surface area contributed by atoms with E-state index in [0.717, 1.165) is 12.0 Å². The smallest absolute Gasteiger partial charge is 0.326 e. The van der Waals surface area contributed by atoms with E-state index in [9.17, 15) is 24.3 Å². The van der Waals surface area contributed by atoms with E-state index in [2.05, 4.69) is 16.0 Å². The van der Waals surface area contributed by atoms with Gasteiger partial charge in [0.1, 0.15) is 18.1 Å². The number of carbonyl (C=O) groups excluding carboxylic acids is 3. The van der Waals surface area contributed by atoms with Crippen LogP contribution in [0.25, 0.3) is 0 Å². The lowest BCUT2D eigenvalue weighted by molar-refractivity contribution is -0.142. The Kier molecular flexibility index (Phi) is 15.2. The third kappa shape index (κ3) is 11.2. The Morgan fingerprint density at radius 3 is 1.78 bits per heavy atom. The minimum absolute atomic E-state index is 0.0491. The van der Waals surface area contributed by atoms with Crippen molar-refractivity contribution in [2.45, 2.75) is 63.7 Å². The highest BCUT2D eigenvalue weighted by Gasteiger charge is 2.30. The first-order chi connectivity index (χ1) is 17.1. The van der Waals surface area contributed by atoms with Gasteiger partial charge in [0.25, 0.3) is 0 Å². The minimum Gasteiger partial charge on any atom is -0.480 e. The number of carboxylic acid groups (broad SMARTS) is 1. The van der Waals surface area contributed by atoms with Crippen molar-refractivity contribution >= 4 is 47.2 Å². The Bertz CT molecular complexity index is 843. The number of hydrogen-bond acceptors (Lipinski definition) is 7.